The highest BCUT2D eigenvalue weighted by molar-refractivity contribution is 5.80. The molecule has 18 heavy (non-hydrogen) atoms. The lowest BCUT2D eigenvalue weighted by molar-refractivity contribution is -0.928. The fourth-order valence-electron chi connectivity index (χ4n) is 3.15. The smallest absolute Gasteiger partial charge is 0.223 e. The summed E-state index contributed by atoms with van der Waals surface area (Å²) in [5.41, 5.74) is 0. The summed E-state index contributed by atoms with van der Waals surface area (Å²) in [6.45, 7) is 3.58. The summed E-state index contributed by atoms with van der Waals surface area (Å²) >= 11 is 0. The largest absolute Gasteiger partial charge is 0.550 e. The molecule has 0 aromatic carbocycles. The Balaban J connectivity index is 1.72. The number of amides is 1. The maximum absolute atomic E-state index is 11.8. The van der Waals surface area contributed by atoms with Crippen molar-refractivity contribution in [3.8, 4) is 0 Å². The molecule has 1 amide bonds. The third-order valence-electron chi connectivity index (χ3n) is 4.23. The Morgan fingerprint density at radius 1 is 1.11 bits per heavy atom. The molecule has 1 aliphatic heterocycles. The van der Waals surface area contributed by atoms with Crippen molar-refractivity contribution in [2.75, 3.05) is 26.2 Å². The van der Waals surface area contributed by atoms with Crippen LogP contribution >= 0.6 is 0 Å². The van der Waals surface area contributed by atoms with Crippen LogP contribution in [0.4, 0.5) is 0 Å². The topological polar surface area (TPSA) is 64.9 Å². The van der Waals surface area contributed by atoms with Crippen molar-refractivity contribution < 1.29 is 19.6 Å². The first-order valence-electron chi connectivity index (χ1n) is 6.99. The van der Waals surface area contributed by atoms with Crippen molar-refractivity contribution in [1.82, 2.24) is 4.90 Å². The van der Waals surface area contributed by atoms with E-state index in [1.54, 1.807) is 9.80 Å². The number of nitrogens with one attached hydrogen (secondary N) is 1. The minimum Gasteiger partial charge on any atom is -0.550 e. The summed E-state index contributed by atoms with van der Waals surface area (Å²) in [7, 11) is 0. The van der Waals surface area contributed by atoms with Gasteiger partial charge in [0.05, 0.1) is 32.2 Å². The molecule has 1 heterocycles. The Kier molecular flexibility index (Phi) is 4.58. The highest BCUT2D eigenvalue weighted by Gasteiger charge is 2.30. The lowest BCUT2D eigenvalue weighted by Gasteiger charge is -2.35. The predicted octanol–water partition coefficient (Wildman–Crippen LogP) is -1.81. The van der Waals surface area contributed by atoms with Gasteiger partial charge in [-0.05, 0) is 32.1 Å². The number of quaternary nitrogens is 1. The minimum atomic E-state index is -1.14. The molecule has 5 heteroatoms. The molecule has 0 radical (unpaired) electrons. The molecule has 2 aliphatic rings. The van der Waals surface area contributed by atoms with E-state index in [0.29, 0.717) is 0 Å². The minimum absolute atomic E-state index is 0.0373. The van der Waals surface area contributed by atoms with Crippen LogP contribution in [0.1, 0.15) is 38.5 Å². The summed E-state index contributed by atoms with van der Waals surface area (Å²) < 4.78 is 0. The third kappa shape index (κ3) is 3.45. The molecule has 2 rings (SSSR count). The van der Waals surface area contributed by atoms with Gasteiger partial charge in [0.25, 0.3) is 0 Å². The van der Waals surface area contributed by atoms with Crippen LogP contribution in [-0.2, 0) is 9.59 Å². The van der Waals surface area contributed by atoms with Crippen molar-refractivity contribution in [1.29, 1.82) is 0 Å². The molecule has 0 aromatic rings. The number of nitrogens with zero attached hydrogens (tertiary/aromatic N) is 1. The van der Waals surface area contributed by atoms with Gasteiger partial charge in [-0.15, -0.1) is 0 Å². The maximum atomic E-state index is 11.8. The van der Waals surface area contributed by atoms with E-state index in [9.17, 15) is 14.7 Å². The molecule has 0 spiro atoms. The van der Waals surface area contributed by atoms with Gasteiger partial charge in [0, 0.05) is 12.4 Å². The van der Waals surface area contributed by atoms with Crippen LogP contribution in [0.25, 0.3) is 0 Å². The monoisotopic (exact) mass is 254 g/mol. The quantitative estimate of drug-likeness (QED) is 0.643. The highest BCUT2D eigenvalue weighted by atomic mass is 16.4. The highest BCUT2D eigenvalue weighted by Crippen LogP contribution is 2.15. The van der Waals surface area contributed by atoms with Gasteiger partial charge in [0.15, 0.2) is 0 Å². The average molecular weight is 254 g/mol. The fraction of sp³-hybridized carbons (Fsp3) is 0.846. The van der Waals surface area contributed by atoms with Crippen LogP contribution in [0.5, 0.6) is 0 Å². The van der Waals surface area contributed by atoms with Crippen molar-refractivity contribution in [2.45, 2.75) is 44.6 Å². The molecule has 1 saturated heterocycles. The van der Waals surface area contributed by atoms with Crippen LogP contribution < -0.4 is 10.0 Å². The first kappa shape index (κ1) is 13.3. The molecule has 0 unspecified atom stereocenters. The number of hydrogen-bond donors (Lipinski definition) is 1. The Morgan fingerprint density at radius 2 is 1.72 bits per heavy atom. The van der Waals surface area contributed by atoms with E-state index in [-0.39, 0.29) is 18.7 Å². The van der Waals surface area contributed by atoms with Gasteiger partial charge in [0.2, 0.25) is 5.91 Å². The van der Waals surface area contributed by atoms with E-state index in [1.807, 2.05) is 0 Å². The molecule has 0 atom stereocenters. The molecule has 102 valence electrons. The molecular weight excluding hydrogens is 232 g/mol. The number of carbonyl (C=O) groups excluding carboxylic acids is 2. The van der Waals surface area contributed by atoms with Crippen LogP contribution in [0, 0.1) is 0 Å². The predicted molar refractivity (Wildman–Crippen MR) is 63.8 cm³/mol. The molecule has 2 fully saturated rings. The Morgan fingerprint density at radius 3 is 2.28 bits per heavy atom. The second-order valence-corrected chi connectivity index (χ2v) is 5.39. The van der Waals surface area contributed by atoms with E-state index in [4.69, 9.17) is 0 Å². The lowest BCUT2D eigenvalue weighted by Crippen LogP contribution is -3.18. The van der Waals surface area contributed by atoms with Crippen LogP contribution in [-0.4, -0.2) is 49.0 Å². The first-order chi connectivity index (χ1) is 8.66. The van der Waals surface area contributed by atoms with Gasteiger partial charge in [0.1, 0.15) is 0 Å². The van der Waals surface area contributed by atoms with E-state index >= 15 is 0 Å². The number of carbonyl (C=O) groups is 2. The van der Waals surface area contributed by atoms with Gasteiger partial charge in [-0.1, -0.05) is 0 Å². The Hall–Kier alpha value is -1.10. The first-order valence-corrected chi connectivity index (χ1v) is 6.99. The molecule has 1 aliphatic carbocycles. The Bertz CT molecular complexity index is 305. The maximum Gasteiger partial charge on any atom is 0.223 e. The van der Waals surface area contributed by atoms with Crippen molar-refractivity contribution in [2.24, 2.45) is 0 Å². The zero-order valence-corrected chi connectivity index (χ0v) is 10.8. The van der Waals surface area contributed by atoms with Gasteiger partial charge in [-0.2, -0.15) is 0 Å². The van der Waals surface area contributed by atoms with Gasteiger partial charge < -0.3 is 19.7 Å². The third-order valence-corrected chi connectivity index (χ3v) is 4.23. The second-order valence-electron chi connectivity index (χ2n) is 5.39. The number of hydrogen-bond acceptors (Lipinski definition) is 3. The molecule has 1 saturated carbocycles. The van der Waals surface area contributed by atoms with Crippen LogP contribution in [0.3, 0.4) is 0 Å². The second kappa shape index (κ2) is 6.18. The number of carboxylic acid groups (broad SMARTS) is 1. The zero-order valence-electron chi connectivity index (χ0n) is 10.8. The Labute approximate surface area is 108 Å². The number of piperazine rings is 1. The van der Waals surface area contributed by atoms with E-state index in [1.165, 1.54) is 25.7 Å². The number of carboxylic acids is 1. The normalized spacial score (nSPS) is 22.3. The van der Waals surface area contributed by atoms with Crippen molar-refractivity contribution >= 4 is 11.9 Å². The van der Waals surface area contributed by atoms with Crippen molar-refractivity contribution in [3.63, 3.8) is 0 Å². The van der Waals surface area contributed by atoms with Crippen LogP contribution in [0.15, 0.2) is 0 Å². The molecule has 0 aromatic heterocycles. The van der Waals surface area contributed by atoms with Gasteiger partial charge in [-0.3, -0.25) is 4.79 Å². The van der Waals surface area contributed by atoms with Crippen molar-refractivity contribution in [3.05, 3.63) is 0 Å². The van der Waals surface area contributed by atoms with Gasteiger partial charge >= 0.3 is 0 Å². The number of rotatable bonds is 4. The lowest BCUT2D eigenvalue weighted by atomic mass is 10.1. The zero-order chi connectivity index (χ0) is 13.0. The molecule has 5 nitrogen and oxygen atoms in total. The van der Waals surface area contributed by atoms with E-state index < -0.39 is 5.97 Å². The molecule has 1 N–H and O–H groups in total. The average Bonchev–Trinajstić information content (AvgIpc) is 2.90. The van der Waals surface area contributed by atoms with Crippen LogP contribution in [0.2, 0.25) is 0 Å². The van der Waals surface area contributed by atoms with E-state index in [0.717, 1.165) is 32.2 Å². The summed E-state index contributed by atoms with van der Waals surface area (Å²) in [4.78, 5) is 25.5. The van der Waals surface area contributed by atoms with E-state index in [2.05, 4.69) is 0 Å². The fourth-order valence-corrected chi connectivity index (χ4v) is 3.15. The summed E-state index contributed by atoms with van der Waals surface area (Å²) in [6, 6.07) is 0.797. The molecule has 0 bridgehead atoms. The SMILES string of the molecule is O=C([O-])CCC(=O)N1CC[NH+](C2CCCC2)CC1. The summed E-state index contributed by atoms with van der Waals surface area (Å²) in [5.74, 6) is -1.18. The number of aliphatic carboxylic acids is 1. The summed E-state index contributed by atoms with van der Waals surface area (Å²) in [6.07, 6.45) is 5.28. The van der Waals surface area contributed by atoms with Gasteiger partial charge in [-0.25, -0.2) is 0 Å². The summed E-state index contributed by atoms with van der Waals surface area (Å²) in [5, 5.41) is 10.3. The molecular formula is C13H22N2O3. The standard InChI is InChI=1S/C13H22N2O3/c16-12(5-6-13(17)18)15-9-7-14(8-10-15)11-3-1-2-4-11/h11H,1-10H2,(H,17,18).